The van der Waals surface area contributed by atoms with Crippen molar-refractivity contribution < 1.29 is 13.0 Å². The Hall–Kier alpha value is -1.31. The number of aryl methyl sites for hydroxylation is 1. The first kappa shape index (κ1) is 11.8. The third kappa shape index (κ3) is 3.08. The highest BCUT2D eigenvalue weighted by atomic mass is 32.2. The van der Waals surface area contributed by atoms with E-state index in [9.17, 15) is 13.0 Å². The zero-order valence-electron chi connectivity index (χ0n) is 8.57. The number of hydrogen-bond acceptors (Lipinski definition) is 3. The lowest BCUT2D eigenvalue weighted by Gasteiger charge is -2.09. The van der Waals surface area contributed by atoms with E-state index in [0.717, 1.165) is 11.1 Å². The normalized spacial score (nSPS) is 10.6. The van der Waals surface area contributed by atoms with Gasteiger partial charge in [-0.1, -0.05) is 12.0 Å². The standard InChI is InChI=1S/C11H12O3S/c1-3-4-5-10-8-11(15(12,13)14)7-6-9(10)2/h6-8H,5H2,1-2H3,(H,12,13,14)/p-1. The van der Waals surface area contributed by atoms with E-state index < -0.39 is 10.1 Å². The second-order valence-corrected chi connectivity index (χ2v) is 4.53. The minimum atomic E-state index is -4.37. The van der Waals surface area contributed by atoms with E-state index in [4.69, 9.17) is 0 Å². The molecule has 0 bridgehead atoms. The molecule has 0 spiro atoms. The molecule has 0 atom stereocenters. The average Bonchev–Trinajstić information content (AvgIpc) is 2.15. The SMILES string of the molecule is CC#CCc1cc(S(=O)(=O)[O-])ccc1C. The molecule has 4 heteroatoms. The fraction of sp³-hybridized carbons (Fsp3) is 0.273. The van der Waals surface area contributed by atoms with Crippen molar-refractivity contribution in [3.63, 3.8) is 0 Å². The molecule has 0 saturated carbocycles. The monoisotopic (exact) mass is 223 g/mol. The van der Waals surface area contributed by atoms with Crippen LogP contribution in [0.5, 0.6) is 0 Å². The lowest BCUT2D eigenvalue weighted by Crippen LogP contribution is -2.00. The molecule has 0 N–H and O–H groups in total. The molecule has 0 heterocycles. The van der Waals surface area contributed by atoms with Gasteiger partial charge in [-0.05, 0) is 37.1 Å². The Morgan fingerprint density at radius 1 is 1.40 bits per heavy atom. The fourth-order valence-electron chi connectivity index (χ4n) is 1.18. The smallest absolute Gasteiger partial charge is 0.124 e. The molecule has 1 aromatic rings. The molecule has 15 heavy (non-hydrogen) atoms. The average molecular weight is 223 g/mol. The van der Waals surface area contributed by atoms with E-state index in [1.807, 2.05) is 6.92 Å². The van der Waals surface area contributed by atoms with Gasteiger partial charge in [0.05, 0.1) is 4.90 Å². The Labute approximate surface area is 89.9 Å². The van der Waals surface area contributed by atoms with Crippen molar-refractivity contribution in [2.45, 2.75) is 25.2 Å². The van der Waals surface area contributed by atoms with Gasteiger partial charge in [-0.2, -0.15) is 0 Å². The Kier molecular flexibility index (Phi) is 3.51. The van der Waals surface area contributed by atoms with Gasteiger partial charge in [-0.15, -0.1) is 5.92 Å². The van der Waals surface area contributed by atoms with Gasteiger partial charge in [0.25, 0.3) is 0 Å². The van der Waals surface area contributed by atoms with Crippen LogP contribution in [-0.4, -0.2) is 13.0 Å². The van der Waals surface area contributed by atoms with E-state index in [0.29, 0.717) is 6.42 Å². The van der Waals surface area contributed by atoms with E-state index in [2.05, 4.69) is 11.8 Å². The van der Waals surface area contributed by atoms with Gasteiger partial charge in [-0.3, -0.25) is 0 Å². The first-order chi connectivity index (χ1) is 6.95. The zero-order chi connectivity index (χ0) is 11.5. The Bertz CT molecular complexity index is 518. The first-order valence-electron chi connectivity index (χ1n) is 4.40. The van der Waals surface area contributed by atoms with Crippen LogP contribution in [-0.2, 0) is 16.5 Å². The van der Waals surface area contributed by atoms with Gasteiger partial charge in [0.1, 0.15) is 10.1 Å². The predicted molar refractivity (Wildman–Crippen MR) is 56.3 cm³/mol. The molecular formula is C11H11O3S-. The van der Waals surface area contributed by atoms with E-state index in [-0.39, 0.29) is 4.90 Å². The number of rotatable bonds is 2. The summed E-state index contributed by atoms with van der Waals surface area (Å²) in [6.45, 7) is 3.57. The van der Waals surface area contributed by atoms with Gasteiger partial charge >= 0.3 is 0 Å². The van der Waals surface area contributed by atoms with Gasteiger partial charge < -0.3 is 4.55 Å². The summed E-state index contributed by atoms with van der Waals surface area (Å²) in [5.74, 6) is 5.56. The molecule has 0 unspecified atom stereocenters. The van der Waals surface area contributed by atoms with Crippen molar-refractivity contribution in [2.75, 3.05) is 0 Å². The third-order valence-corrected chi connectivity index (χ3v) is 2.90. The first-order valence-corrected chi connectivity index (χ1v) is 5.81. The van der Waals surface area contributed by atoms with Crippen molar-refractivity contribution >= 4 is 10.1 Å². The largest absolute Gasteiger partial charge is 0.744 e. The number of hydrogen-bond donors (Lipinski definition) is 0. The van der Waals surface area contributed by atoms with Crippen molar-refractivity contribution in [3.05, 3.63) is 29.3 Å². The number of benzene rings is 1. The van der Waals surface area contributed by atoms with Gasteiger partial charge in [0.2, 0.25) is 0 Å². The summed E-state index contributed by atoms with van der Waals surface area (Å²) in [5.41, 5.74) is 1.71. The molecular weight excluding hydrogens is 212 g/mol. The lowest BCUT2D eigenvalue weighted by atomic mass is 10.1. The summed E-state index contributed by atoms with van der Waals surface area (Å²) >= 11 is 0. The molecule has 0 fully saturated rings. The fourth-order valence-corrected chi connectivity index (χ4v) is 1.70. The predicted octanol–water partition coefficient (Wildman–Crippen LogP) is 1.46. The second kappa shape index (κ2) is 4.47. The highest BCUT2D eigenvalue weighted by molar-refractivity contribution is 7.85. The lowest BCUT2D eigenvalue weighted by molar-refractivity contribution is 0.463. The minimum Gasteiger partial charge on any atom is -0.744 e. The molecule has 3 nitrogen and oxygen atoms in total. The molecule has 0 aliphatic heterocycles. The summed E-state index contributed by atoms with van der Waals surface area (Å²) in [6, 6.07) is 4.33. The second-order valence-electron chi connectivity index (χ2n) is 3.15. The molecule has 80 valence electrons. The minimum absolute atomic E-state index is 0.194. The molecule has 0 amide bonds. The summed E-state index contributed by atoms with van der Waals surface area (Å²) < 4.78 is 32.3. The maximum atomic E-state index is 10.8. The summed E-state index contributed by atoms with van der Waals surface area (Å²) in [6.07, 6.45) is 0.464. The topological polar surface area (TPSA) is 57.2 Å². The van der Waals surface area contributed by atoms with Crippen LogP contribution in [0.4, 0.5) is 0 Å². The van der Waals surface area contributed by atoms with Gasteiger partial charge in [0.15, 0.2) is 0 Å². The molecule has 1 aromatic carbocycles. The van der Waals surface area contributed by atoms with Gasteiger partial charge in [-0.25, -0.2) is 8.42 Å². The van der Waals surface area contributed by atoms with Crippen molar-refractivity contribution in [2.24, 2.45) is 0 Å². The molecule has 1 rings (SSSR count). The molecule has 0 aliphatic rings. The Morgan fingerprint density at radius 2 is 2.07 bits per heavy atom. The molecule has 0 aromatic heterocycles. The van der Waals surface area contributed by atoms with Crippen LogP contribution >= 0.6 is 0 Å². The molecule has 0 saturated heterocycles. The van der Waals surface area contributed by atoms with E-state index >= 15 is 0 Å². The summed E-state index contributed by atoms with van der Waals surface area (Å²) in [7, 11) is -4.37. The quantitative estimate of drug-likeness (QED) is 0.563. The van der Waals surface area contributed by atoms with Crippen molar-refractivity contribution in [3.8, 4) is 11.8 Å². The summed E-state index contributed by atoms with van der Waals surface area (Å²) in [5, 5.41) is 0. The van der Waals surface area contributed by atoms with E-state index in [1.54, 1.807) is 13.0 Å². The Morgan fingerprint density at radius 3 is 2.60 bits per heavy atom. The van der Waals surface area contributed by atoms with Crippen LogP contribution in [0.3, 0.4) is 0 Å². The van der Waals surface area contributed by atoms with Crippen LogP contribution in [0.15, 0.2) is 23.1 Å². The highest BCUT2D eigenvalue weighted by Crippen LogP contribution is 2.15. The van der Waals surface area contributed by atoms with Crippen molar-refractivity contribution in [1.82, 2.24) is 0 Å². The Balaban J connectivity index is 3.21. The third-order valence-electron chi connectivity index (χ3n) is 2.06. The zero-order valence-corrected chi connectivity index (χ0v) is 9.39. The highest BCUT2D eigenvalue weighted by Gasteiger charge is 2.04. The van der Waals surface area contributed by atoms with Crippen LogP contribution < -0.4 is 0 Å². The van der Waals surface area contributed by atoms with Gasteiger partial charge in [0, 0.05) is 6.42 Å². The summed E-state index contributed by atoms with van der Waals surface area (Å²) in [4.78, 5) is -0.194. The van der Waals surface area contributed by atoms with Crippen LogP contribution in [0.2, 0.25) is 0 Å². The molecule has 0 radical (unpaired) electrons. The maximum absolute atomic E-state index is 10.8. The van der Waals surface area contributed by atoms with Crippen LogP contribution in [0, 0.1) is 18.8 Å². The van der Waals surface area contributed by atoms with Crippen LogP contribution in [0.1, 0.15) is 18.1 Å². The molecule has 0 aliphatic carbocycles. The van der Waals surface area contributed by atoms with E-state index in [1.165, 1.54) is 12.1 Å². The van der Waals surface area contributed by atoms with Crippen LogP contribution in [0.25, 0.3) is 0 Å². The maximum Gasteiger partial charge on any atom is 0.124 e. The van der Waals surface area contributed by atoms with Crippen molar-refractivity contribution in [1.29, 1.82) is 0 Å².